The standard InChI is InChI=1S/C27H21BrN2/c1-16-19-9-5-6-10-20(19)21-12-13-22-23-15-17(28)11-14-24(23)30(18-7-3-2-4-8-18)27(22)25(21)26(16)29/h2-16,26H,29H2,1H3/t16-,26-/m1/s1. The molecule has 0 radical (unpaired) electrons. The molecule has 1 aliphatic carbocycles. The second kappa shape index (κ2) is 6.56. The molecule has 2 N–H and O–H groups in total. The number of hydrogen-bond acceptors (Lipinski definition) is 1. The zero-order chi connectivity index (χ0) is 20.4. The molecular weight excluding hydrogens is 432 g/mol. The Bertz CT molecular complexity index is 1430. The fourth-order valence-corrected chi connectivity index (χ4v) is 5.47. The molecular formula is C27H21BrN2. The van der Waals surface area contributed by atoms with Crippen molar-refractivity contribution >= 4 is 37.7 Å². The highest BCUT2D eigenvalue weighted by Crippen LogP contribution is 2.49. The highest BCUT2D eigenvalue weighted by atomic mass is 79.9. The molecule has 6 rings (SSSR count). The van der Waals surface area contributed by atoms with Gasteiger partial charge in [0, 0.05) is 38.5 Å². The minimum Gasteiger partial charge on any atom is -0.323 e. The Morgan fingerprint density at radius 1 is 0.800 bits per heavy atom. The molecule has 0 fully saturated rings. The first-order valence-electron chi connectivity index (χ1n) is 10.3. The van der Waals surface area contributed by atoms with Gasteiger partial charge in [-0.3, -0.25) is 0 Å². The summed E-state index contributed by atoms with van der Waals surface area (Å²) in [5.41, 5.74) is 15.7. The topological polar surface area (TPSA) is 30.9 Å². The molecule has 0 aliphatic heterocycles. The number of nitrogens with zero attached hydrogens (tertiary/aromatic N) is 1. The van der Waals surface area contributed by atoms with Gasteiger partial charge in [0.25, 0.3) is 0 Å². The predicted octanol–water partition coefficient (Wildman–Crippen LogP) is 7.33. The van der Waals surface area contributed by atoms with Crippen LogP contribution in [0.4, 0.5) is 0 Å². The van der Waals surface area contributed by atoms with E-state index in [1.807, 2.05) is 0 Å². The van der Waals surface area contributed by atoms with Crippen molar-refractivity contribution in [2.45, 2.75) is 18.9 Å². The lowest BCUT2D eigenvalue weighted by molar-refractivity contribution is 0.594. The number of fused-ring (bicyclic) bond motifs is 7. The largest absolute Gasteiger partial charge is 0.323 e. The highest BCUT2D eigenvalue weighted by molar-refractivity contribution is 9.10. The SMILES string of the molecule is C[C@@H]1c2ccccc2-c2ccc3c4cc(Br)ccc4n(-c4ccccc4)c3c2[C@@H]1N. The van der Waals surface area contributed by atoms with Crippen LogP contribution in [0.15, 0.2) is 89.4 Å². The summed E-state index contributed by atoms with van der Waals surface area (Å²) in [6.45, 7) is 2.25. The number of halogens is 1. The van der Waals surface area contributed by atoms with Gasteiger partial charge >= 0.3 is 0 Å². The second-order valence-corrected chi connectivity index (χ2v) is 9.07. The maximum Gasteiger partial charge on any atom is 0.0595 e. The van der Waals surface area contributed by atoms with E-state index in [2.05, 4.69) is 112 Å². The fraction of sp³-hybridized carbons (Fsp3) is 0.111. The zero-order valence-electron chi connectivity index (χ0n) is 16.6. The van der Waals surface area contributed by atoms with Gasteiger partial charge in [-0.1, -0.05) is 77.5 Å². The molecule has 0 saturated carbocycles. The molecule has 4 aromatic carbocycles. The minimum absolute atomic E-state index is 0.0613. The van der Waals surface area contributed by atoms with E-state index in [0.29, 0.717) is 0 Å². The number of benzene rings is 4. The fourth-order valence-electron chi connectivity index (χ4n) is 5.11. The first-order valence-corrected chi connectivity index (χ1v) is 11.1. The van der Waals surface area contributed by atoms with Gasteiger partial charge in [0.05, 0.1) is 11.0 Å². The van der Waals surface area contributed by atoms with Gasteiger partial charge < -0.3 is 10.3 Å². The molecule has 2 atom stereocenters. The smallest absolute Gasteiger partial charge is 0.0595 e. The van der Waals surface area contributed by atoms with Crippen LogP contribution < -0.4 is 5.73 Å². The quantitative estimate of drug-likeness (QED) is 0.283. The summed E-state index contributed by atoms with van der Waals surface area (Å²) < 4.78 is 3.47. The van der Waals surface area contributed by atoms with E-state index in [9.17, 15) is 0 Å². The Hall–Kier alpha value is -2.88. The van der Waals surface area contributed by atoms with Crippen LogP contribution >= 0.6 is 15.9 Å². The number of aromatic nitrogens is 1. The van der Waals surface area contributed by atoms with Gasteiger partial charge in [0.2, 0.25) is 0 Å². The first-order chi connectivity index (χ1) is 14.6. The molecule has 30 heavy (non-hydrogen) atoms. The van der Waals surface area contributed by atoms with Crippen LogP contribution in [0.3, 0.4) is 0 Å². The molecule has 0 unspecified atom stereocenters. The summed E-state index contributed by atoms with van der Waals surface area (Å²) in [4.78, 5) is 0. The van der Waals surface area contributed by atoms with E-state index in [1.165, 1.54) is 44.1 Å². The van der Waals surface area contributed by atoms with E-state index in [4.69, 9.17) is 5.73 Å². The van der Waals surface area contributed by atoms with Crippen LogP contribution in [0.25, 0.3) is 38.6 Å². The van der Waals surface area contributed by atoms with E-state index in [-0.39, 0.29) is 12.0 Å². The van der Waals surface area contributed by atoms with Crippen molar-refractivity contribution in [1.29, 1.82) is 0 Å². The zero-order valence-corrected chi connectivity index (χ0v) is 18.2. The van der Waals surface area contributed by atoms with Crippen LogP contribution in [-0.4, -0.2) is 4.57 Å². The molecule has 0 saturated heterocycles. The highest BCUT2D eigenvalue weighted by Gasteiger charge is 2.31. The van der Waals surface area contributed by atoms with Crippen LogP contribution in [0, 0.1) is 0 Å². The van der Waals surface area contributed by atoms with Gasteiger partial charge in [-0.15, -0.1) is 0 Å². The third kappa shape index (κ3) is 2.39. The first kappa shape index (κ1) is 17.9. The van der Waals surface area contributed by atoms with Crippen molar-refractivity contribution in [1.82, 2.24) is 4.57 Å². The van der Waals surface area contributed by atoms with Crippen LogP contribution in [-0.2, 0) is 0 Å². The summed E-state index contributed by atoms with van der Waals surface area (Å²) in [7, 11) is 0. The van der Waals surface area contributed by atoms with Gasteiger partial charge in [0.1, 0.15) is 0 Å². The minimum atomic E-state index is -0.0613. The molecule has 1 aromatic heterocycles. The van der Waals surface area contributed by atoms with E-state index in [1.54, 1.807) is 0 Å². The van der Waals surface area contributed by atoms with Crippen molar-refractivity contribution in [3.8, 4) is 16.8 Å². The van der Waals surface area contributed by atoms with Crippen molar-refractivity contribution in [3.05, 3.63) is 101 Å². The molecule has 5 aromatic rings. The lowest BCUT2D eigenvalue weighted by Gasteiger charge is -2.32. The molecule has 3 heteroatoms. The summed E-state index contributed by atoms with van der Waals surface area (Å²) in [6.07, 6.45) is 0. The van der Waals surface area contributed by atoms with E-state index in [0.717, 1.165) is 10.2 Å². The predicted molar refractivity (Wildman–Crippen MR) is 129 cm³/mol. The molecule has 146 valence electrons. The second-order valence-electron chi connectivity index (χ2n) is 8.16. The van der Waals surface area contributed by atoms with Crippen LogP contribution in [0.2, 0.25) is 0 Å². The van der Waals surface area contributed by atoms with Gasteiger partial charge in [-0.05, 0) is 47.0 Å². The summed E-state index contributed by atoms with van der Waals surface area (Å²) in [5, 5.41) is 2.49. The van der Waals surface area contributed by atoms with Gasteiger partial charge in [-0.2, -0.15) is 0 Å². The lowest BCUT2D eigenvalue weighted by atomic mass is 9.76. The molecule has 1 aliphatic rings. The number of rotatable bonds is 1. The van der Waals surface area contributed by atoms with Gasteiger partial charge in [-0.25, -0.2) is 0 Å². The average molecular weight is 453 g/mol. The maximum atomic E-state index is 6.95. The van der Waals surface area contributed by atoms with E-state index >= 15 is 0 Å². The van der Waals surface area contributed by atoms with Crippen LogP contribution in [0.5, 0.6) is 0 Å². The van der Waals surface area contributed by atoms with E-state index < -0.39 is 0 Å². The molecule has 0 spiro atoms. The monoisotopic (exact) mass is 452 g/mol. The Morgan fingerprint density at radius 2 is 1.57 bits per heavy atom. The third-order valence-corrected chi connectivity index (χ3v) is 7.05. The summed E-state index contributed by atoms with van der Waals surface area (Å²) in [5.74, 6) is 0.258. The molecule has 0 amide bonds. The Labute approximate surface area is 184 Å². The number of hydrogen-bond donors (Lipinski definition) is 1. The number of nitrogens with two attached hydrogens (primary N) is 1. The van der Waals surface area contributed by atoms with Crippen LogP contribution in [0.1, 0.15) is 30.0 Å². The number of para-hydroxylation sites is 1. The normalized spacial score (nSPS) is 17.8. The van der Waals surface area contributed by atoms with Crippen molar-refractivity contribution in [3.63, 3.8) is 0 Å². The van der Waals surface area contributed by atoms with Crippen molar-refractivity contribution in [2.24, 2.45) is 5.73 Å². The van der Waals surface area contributed by atoms with Crippen molar-refractivity contribution in [2.75, 3.05) is 0 Å². The Morgan fingerprint density at radius 3 is 2.40 bits per heavy atom. The molecule has 2 nitrogen and oxygen atoms in total. The summed E-state index contributed by atoms with van der Waals surface area (Å²) in [6, 6.07) is 30.3. The molecule has 1 heterocycles. The average Bonchev–Trinajstić information content (AvgIpc) is 3.11. The maximum absolute atomic E-state index is 6.95. The Balaban J connectivity index is 1.84. The molecule has 0 bridgehead atoms. The third-order valence-electron chi connectivity index (χ3n) is 6.56. The lowest BCUT2D eigenvalue weighted by Crippen LogP contribution is -2.23. The summed E-state index contributed by atoms with van der Waals surface area (Å²) >= 11 is 3.67. The Kier molecular flexibility index (Phi) is 3.92. The van der Waals surface area contributed by atoms with Crippen molar-refractivity contribution < 1.29 is 0 Å². The van der Waals surface area contributed by atoms with Gasteiger partial charge in [0.15, 0.2) is 0 Å².